The number of alkyl halides is 3. The number of aromatic nitrogens is 4. The van der Waals surface area contributed by atoms with Gasteiger partial charge >= 0.3 is 6.18 Å². The van der Waals surface area contributed by atoms with Crippen molar-refractivity contribution in [3.8, 4) is 0 Å². The number of hydrogen-bond donors (Lipinski definition) is 1. The number of pyridine rings is 1. The first-order valence-electron chi connectivity index (χ1n) is 8.29. The van der Waals surface area contributed by atoms with Crippen LogP contribution < -0.4 is 10.2 Å². The number of carbonyl (C=O) groups is 1. The van der Waals surface area contributed by atoms with Crippen molar-refractivity contribution in [3.05, 3.63) is 48.5 Å². The van der Waals surface area contributed by atoms with Gasteiger partial charge in [0.05, 0.1) is 24.0 Å². The van der Waals surface area contributed by atoms with Gasteiger partial charge in [0.25, 0.3) is 5.91 Å². The number of nitrogens with one attached hydrogen (secondary N) is 1. The van der Waals surface area contributed by atoms with E-state index in [1.165, 1.54) is 16.9 Å². The van der Waals surface area contributed by atoms with Crippen LogP contribution in [0.1, 0.15) is 16.9 Å². The average molecular weight is 376 g/mol. The van der Waals surface area contributed by atoms with Crippen LogP contribution in [0.4, 0.5) is 24.7 Å². The topological polar surface area (TPSA) is 75.4 Å². The third-order valence-electron chi connectivity index (χ3n) is 4.48. The van der Waals surface area contributed by atoms with E-state index in [1.54, 1.807) is 35.4 Å². The zero-order valence-electron chi connectivity index (χ0n) is 14.0. The Morgan fingerprint density at radius 1 is 1.22 bits per heavy atom. The summed E-state index contributed by atoms with van der Waals surface area (Å²) >= 11 is 0. The molecule has 1 N–H and O–H groups in total. The zero-order chi connectivity index (χ0) is 19.0. The summed E-state index contributed by atoms with van der Waals surface area (Å²) in [5, 5.41) is 7.02. The molecule has 0 aliphatic carbocycles. The molecule has 3 aromatic rings. The fourth-order valence-electron chi connectivity index (χ4n) is 3.05. The molecule has 3 aromatic heterocycles. The fraction of sp³-hybridized carbons (Fsp3) is 0.294. The third-order valence-corrected chi connectivity index (χ3v) is 4.48. The molecule has 1 fully saturated rings. The van der Waals surface area contributed by atoms with Crippen LogP contribution in [0.3, 0.4) is 0 Å². The van der Waals surface area contributed by atoms with Crippen molar-refractivity contribution in [2.24, 2.45) is 5.92 Å². The van der Waals surface area contributed by atoms with Crippen molar-refractivity contribution in [1.82, 2.24) is 19.6 Å². The molecule has 0 radical (unpaired) electrons. The average Bonchev–Trinajstić information content (AvgIpc) is 3.29. The maximum absolute atomic E-state index is 12.9. The zero-order valence-corrected chi connectivity index (χ0v) is 14.0. The van der Waals surface area contributed by atoms with E-state index in [1.807, 2.05) is 0 Å². The molecule has 1 unspecified atom stereocenters. The van der Waals surface area contributed by atoms with Gasteiger partial charge in [-0.1, -0.05) is 0 Å². The van der Waals surface area contributed by atoms with Crippen molar-refractivity contribution in [1.29, 1.82) is 0 Å². The first-order valence-corrected chi connectivity index (χ1v) is 8.29. The van der Waals surface area contributed by atoms with Crippen LogP contribution in [-0.2, 0) is 0 Å². The normalized spacial score (nSPS) is 17.4. The molecule has 7 nitrogen and oxygen atoms in total. The van der Waals surface area contributed by atoms with Crippen molar-refractivity contribution in [3.63, 3.8) is 0 Å². The third kappa shape index (κ3) is 3.42. The SMILES string of the molecule is O=C(Nc1cccnc1)c1cnc2ccc(N3CCC(C(F)(F)F)C3)nn12. The van der Waals surface area contributed by atoms with Crippen molar-refractivity contribution in [2.75, 3.05) is 23.3 Å². The van der Waals surface area contributed by atoms with Crippen LogP contribution in [0.2, 0.25) is 0 Å². The Morgan fingerprint density at radius 3 is 2.78 bits per heavy atom. The lowest BCUT2D eigenvalue weighted by molar-refractivity contribution is -0.168. The maximum Gasteiger partial charge on any atom is 0.393 e. The maximum atomic E-state index is 12.9. The van der Waals surface area contributed by atoms with Crippen LogP contribution in [0.25, 0.3) is 5.65 Å². The van der Waals surface area contributed by atoms with Gasteiger partial charge in [-0.3, -0.25) is 9.78 Å². The van der Waals surface area contributed by atoms with E-state index in [-0.39, 0.29) is 25.2 Å². The largest absolute Gasteiger partial charge is 0.393 e. The fourth-order valence-corrected chi connectivity index (χ4v) is 3.05. The van der Waals surface area contributed by atoms with E-state index >= 15 is 0 Å². The van der Waals surface area contributed by atoms with Crippen LogP contribution in [-0.4, -0.2) is 44.8 Å². The first kappa shape index (κ1) is 17.3. The van der Waals surface area contributed by atoms with E-state index < -0.39 is 18.0 Å². The van der Waals surface area contributed by atoms with Gasteiger partial charge in [-0.05, 0) is 30.7 Å². The molecule has 4 heterocycles. The first-order chi connectivity index (χ1) is 12.9. The molecule has 1 amide bonds. The number of amides is 1. The molecule has 1 aliphatic heterocycles. The second-order valence-electron chi connectivity index (χ2n) is 6.27. The summed E-state index contributed by atoms with van der Waals surface area (Å²) in [5.74, 6) is -1.43. The molecule has 1 atom stereocenters. The van der Waals surface area contributed by atoms with Gasteiger partial charge in [0.1, 0.15) is 5.82 Å². The lowest BCUT2D eigenvalue weighted by Gasteiger charge is -2.18. The van der Waals surface area contributed by atoms with Crippen LogP contribution in [0.5, 0.6) is 0 Å². The molecule has 1 aliphatic rings. The smallest absolute Gasteiger partial charge is 0.355 e. The van der Waals surface area contributed by atoms with Crippen molar-refractivity contribution in [2.45, 2.75) is 12.6 Å². The Morgan fingerprint density at radius 2 is 2.07 bits per heavy atom. The highest BCUT2D eigenvalue weighted by Gasteiger charge is 2.43. The molecule has 0 bridgehead atoms. The molecular formula is C17H15F3N6O. The Kier molecular flexibility index (Phi) is 4.17. The second-order valence-corrected chi connectivity index (χ2v) is 6.27. The Labute approximate surface area is 151 Å². The minimum absolute atomic E-state index is 0.0293. The van der Waals surface area contributed by atoms with Gasteiger partial charge in [0.15, 0.2) is 11.3 Å². The van der Waals surface area contributed by atoms with Crippen molar-refractivity contribution >= 4 is 23.1 Å². The van der Waals surface area contributed by atoms with Crippen molar-refractivity contribution < 1.29 is 18.0 Å². The summed E-state index contributed by atoms with van der Waals surface area (Å²) in [6, 6.07) is 6.62. The van der Waals surface area contributed by atoms with E-state index in [9.17, 15) is 18.0 Å². The Bertz CT molecular complexity index is 972. The summed E-state index contributed by atoms with van der Waals surface area (Å²) in [7, 11) is 0. The van der Waals surface area contributed by atoms with Gasteiger partial charge in [-0.15, -0.1) is 5.10 Å². The number of imidazole rings is 1. The number of carbonyl (C=O) groups excluding carboxylic acids is 1. The predicted octanol–water partition coefficient (Wildman–Crippen LogP) is 2.77. The molecule has 27 heavy (non-hydrogen) atoms. The van der Waals surface area contributed by atoms with E-state index in [4.69, 9.17) is 0 Å². The monoisotopic (exact) mass is 376 g/mol. The molecule has 10 heteroatoms. The number of fused-ring (bicyclic) bond motifs is 1. The summed E-state index contributed by atoms with van der Waals surface area (Å²) in [5.41, 5.74) is 1.13. The van der Waals surface area contributed by atoms with E-state index in [0.717, 1.165) is 0 Å². The van der Waals surface area contributed by atoms with Gasteiger partial charge in [-0.25, -0.2) is 9.50 Å². The van der Waals surface area contributed by atoms with Crippen LogP contribution in [0.15, 0.2) is 42.9 Å². The number of rotatable bonds is 3. The number of nitrogens with zero attached hydrogens (tertiary/aromatic N) is 5. The van der Waals surface area contributed by atoms with E-state index in [2.05, 4.69) is 20.4 Å². The summed E-state index contributed by atoms with van der Waals surface area (Å²) in [6.07, 6.45) is 0.272. The lowest BCUT2D eigenvalue weighted by atomic mass is 10.1. The highest BCUT2D eigenvalue weighted by atomic mass is 19.4. The molecular weight excluding hydrogens is 361 g/mol. The highest BCUT2D eigenvalue weighted by Crippen LogP contribution is 2.34. The van der Waals surface area contributed by atoms with E-state index in [0.29, 0.717) is 17.2 Å². The van der Waals surface area contributed by atoms with Gasteiger partial charge < -0.3 is 10.2 Å². The second kappa shape index (κ2) is 6.53. The number of hydrogen-bond acceptors (Lipinski definition) is 5. The molecule has 140 valence electrons. The quantitative estimate of drug-likeness (QED) is 0.761. The molecule has 0 spiro atoms. The molecule has 0 aromatic carbocycles. The molecule has 1 saturated heterocycles. The molecule has 0 saturated carbocycles. The predicted molar refractivity (Wildman–Crippen MR) is 91.6 cm³/mol. The Hall–Kier alpha value is -3.17. The minimum atomic E-state index is -4.22. The number of halogens is 3. The molecule has 4 rings (SSSR count). The van der Waals surface area contributed by atoms with Crippen LogP contribution >= 0.6 is 0 Å². The summed E-state index contributed by atoms with van der Waals surface area (Å²) in [4.78, 5) is 22.1. The standard InChI is InChI=1S/C17H15F3N6O/c18-17(19,20)11-5-7-25(10-11)15-4-3-14-22-9-13(26(14)24-15)16(27)23-12-2-1-6-21-8-12/h1-4,6,8-9,11H,5,7,10H2,(H,23,27). The lowest BCUT2D eigenvalue weighted by Crippen LogP contribution is -2.28. The number of anilines is 2. The summed E-state index contributed by atoms with van der Waals surface area (Å²) in [6.45, 7) is 0.114. The minimum Gasteiger partial charge on any atom is -0.355 e. The summed E-state index contributed by atoms with van der Waals surface area (Å²) < 4.78 is 40.1. The Balaban J connectivity index is 1.59. The van der Waals surface area contributed by atoms with Gasteiger partial charge in [-0.2, -0.15) is 13.2 Å². The highest BCUT2D eigenvalue weighted by molar-refractivity contribution is 6.03. The van der Waals surface area contributed by atoms with Crippen LogP contribution in [0, 0.1) is 5.92 Å². The van der Waals surface area contributed by atoms with Gasteiger partial charge in [0.2, 0.25) is 0 Å². The van der Waals surface area contributed by atoms with Gasteiger partial charge in [0, 0.05) is 19.3 Å².